The number of halogens is 2. The van der Waals surface area contributed by atoms with E-state index in [0.29, 0.717) is 39.3 Å². The summed E-state index contributed by atoms with van der Waals surface area (Å²) in [5.41, 5.74) is 1.86. The van der Waals surface area contributed by atoms with Gasteiger partial charge in [0, 0.05) is 37.7 Å². The lowest BCUT2D eigenvalue weighted by atomic mass is 10.1. The lowest BCUT2D eigenvalue weighted by Crippen LogP contribution is -2.51. The first-order valence-corrected chi connectivity index (χ1v) is 12.4. The summed E-state index contributed by atoms with van der Waals surface area (Å²) in [4.78, 5) is 31.6. The zero-order chi connectivity index (χ0) is 23.9. The SMILES string of the molecule is O=C(CN1CCN(C(=O)Cc2ccc(F)cc2)CC1)NCC(c1ccccc1Cl)N1CCCC1. The predicted molar refractivity (Wildman–Crippen MR) is 131 cm³/mol. The number of hydrogen-bond acceptors (Lipinski definition) is 4. The fourth-order valence-corrected chi connectivity index (χ4v) is 5.01. The first kappa shape index (κ1) is 24.6. The van der Waals surface area contributed by atoms with Crippen LogP contribution >= 0.6 is 11.6 Å². The molecule has 4 rings (SSSR count). The molecule has 2 heterocycles. The van der Waals surface area contributed by atoms with Crippen LogP contribution in [-0.2, 0) is 16.0 Å². The lowest BCUT2D eigenvalue weighted by Gasteiger charge is -2.34. The van der Waals surface area contributed by atoms with Crippen LogP contribution in [0.15, 0.2) is 48.5 Å². The summed E-state index contributed by atoms with van der Waals surface area (Å²) >= 11 is 6.47. The number of amides is 2. The maximum Gasteiger partial charge on any atom is 0.234 e. The highest BCUT2D eigenvalue weighted by Gasteiger charge is 2.27. The number of benzene rings is 2. The van der Waals surface area contributed by atoms with E-state index in [-0.39, 0.29) is 30.1 Å². The van der Waals surface area contributed by atoms with Crippen LogP contribution in [0.5, 0.6) is 0 Å². The van der Waals surface area contributed by atoms with Crippen molar-refractivity contribution in [1.82, 2.24) is 20.0 Å². The van der Waals surface area contributed by atoms with Crippen LogP contribution in [0.2, 0.25) is 5.02 Å². The predicted octanol–water partition coefficient (Wildman–Crippen LogP) is 3.12. The van der Waals surface area contributed by atoms with Crippen molar-refractivity contribution in [2.24, 2.45) is 0 Å². The van der Waals surface area contributed by atoms with Crippen LogP contribution in [-0.4, -0.2) is 78.9 Å². The normalized spacial score (nSPS) is 18.1. The number of likely N-dealkylation sites (tertiary alicyclic amines) is 1. The maximum absolute atomic E-state index is 13.1. The van der Waals surface area contributed by atoms with E-state index in [1.54, 1.807) is 12.1 Å². The van der Waals surface area contributed by atoms with E-state index in [1.807, 2.05) is 29.2 Å². The van der Waals surface area contributed by atoms with Gasteiger partial charge >= 0.3 is 0 Å². The van der Waals surface area contributed by atoms with Gasteiger partial charge in [0.1, 0.15) is 5.82 Å². The molecule has 34 heavy (non-hydrogen) atoms. The van der Waals surface area contributed by atoms with Crippen LogP contribution in [0.3, 0.4) is 0 Å². The van der Waals surface area contributed by atoms with Gasteiger partial charge in [-0.2, -0.15) is 0 Å². The van der Waals surface area contributed by atoms with Gasteiger partial charge < -0.3 is 10.2 Å². The summed E-state index contributed by atoms with van der Waals surface area (Å²) in [7, 11) is 0. The fraction of sp³-hybridized carbons (Fsp3) is 0.462. The second kappa shape index (κ2) is 11.8. The van der Waals surface area contributed by atoms with Gasteiger partial charge in [-0.25, -0.2) is 4.39 Å². The Kier molecular flexibility index (Phi) is 8.53. The minimum Gasteiger partial charge on any atom is -0.353 e. The van der Waals surface area contributed by atoms with Crippen molar-refractivity contribution < 1.29 is 14.0 Å². The van der Waals surface area contributed by atoms with Crippen LogP contribution in [0, 0.1) is 5.82 Å². The number of carbonyl (C=O) groups is 2. The van der Waals surface area contributed by atoms with Crippen LogP contribution in [0.4, 0.5) is 4.39 Å². The summed E-state index contributed by atoms with van der Waals surface area (Å²) in [6.45, 7) is 5.35. The molecule has 1 atom stereocenters. The molecule has 182 valence electrons. The highest BCUT2D eigenvalue weighted by atomic mass is 35.5. The van der Waals surface area contributed by atoms with Crippen LogP contribution < -0.4 is 5.32 Å². The molecule has 0 aliphatic carbocycles. The Bertz CT molecular complexity index is 973. The van der Waals surface area contributed by atoms with E-state index in [0.717, 1.165) is 29.2 Å². The number of nitrogens with one attached hydrogen (secondary N) is 1. The summed E-state index contributed by atoms with van der Waals surface area (Å²) in [6.07, 6.45) is 2.60. The third kappa shape index (κ3) is 6.56. The molecule has 2 aromatic carbocycles. The number of nitrogens with zero attached hydrogens (tertiary/aromatic N) is 3. The van der Waals surface area contributed by atoms with Gasteiger partial charge in [0.25, 0.3) is 0 Å². The molecule has 2 fully saturated rings. The molecule has 0 saturated carbocycles. The van der Waals surface area contributed by atoms with Crippen molar-refractivity contribution in [3.63, 3.8) is 0 Å². The smallest absolute Gasteiger partial charge is 0.234 e. The van der Waals surface area contributed by atoms with Gasteiger partial charge in [-0.15, -0.1) is 0 Å². The fourth-order valence-electron chi connectivity index (χ4n) is 4.75. The van der Waals surface area contributed by atoms with Gasteiger partial charge in [0.15, 0.2) is 0 Å². The molecular weight excluding hydrogens is 455 g/mol. The van der Waals surface area contributed by atoms with Crippen molar-refractivity contribution in [1.29, 1.82) is 0 Å². The molecule has 2 amide bonds. The second-order valence-electron chi connectivity index (χ2n) is 9.04. The van der Waals surface area contributed by atoms with Crippen LogP contribution in [0.25, 0.3) is 0 Å². The molecule has 8 heteroatoms. The highest BCUT2D eigenvalue weighted by Crippen LogP contribution is 2.29. The minimum atomic E-state index is -0.304. The molecule has 2 aliphatic heterocycles. The molecule has 1 unspecified atom stereocenters. The van der Waals surface area contributed by atoms with E-state index >= 15 is 0 Å². The Labute approximate surface area is 205 Å². The number of rotatable bonds is 8. The number of carbonyl (C=O) groups excluding carboxylic acids is 2. The monoisotopic (exact) mass is 486 g/mol. The summed E-state index contributed by atoms with van der Waals surface area (Å²) < 4.78 is 13.1. The Morgan fingerprint density at radius 2 is 1.62 bits per heavy atom. The number of piperazine rings is 1. The van der Waals surface area contributed by atoms with Crippen molar-refractivity contribution in [2.45, 2.75) is 25.3 Å². The van der Waals surface area contributed by atoms with Crippen molar-refractivity contribution in [3.8, 4) is 0 Å². The largest absolute Gasteiger partial charge is 0.353 e. The Balaban J connectivity index is 1.23. The second-order valence-corrected chi connectivity index (χ2v) is 9.45. The average Bonchev–Trinajstić information content (AvgIpc) is 3.37. The van der Waals surface area contributed by atoms with Crippen LogP contribution in [0.1, 0.15) is 30.0 Å². The molecule has 2 aliphatic rings. The summed E-state index contributed by atoms with van der Waals surface area (Å²) in [5, 5.41) is 3.84. The lowest BCUT2D eigenvalue weighted by molar-refractivity contribution is -0.132. The Morgan fingerprint density at radius 1 is 0.941 bits per heavy atom. The first-order valence-electron chi connectivity index (χ1n) is 12.0. The molecule has 2 aromatic rings. The van der Waals surface area contributed by atoms with Crippen molar-refractivity contribution in [2.75, 3.05) is 52.4 Å². The van der Waals surface area contributed by atoms with Crippen molar-refractivity contribution in [3.05, 3.63) is 70.5 Å². The van der Waals surface area contributed by atoms with Crippen molar-refractivity contribution >= 4 is 23.4 Å². The van der Waals surface area contributed by atoms with Gasteiger partial charge in [-0.05, 0) is 55.3 Å². The molecule has 1 N–H and O–H groups in total. The third-order valence-corrected chi connectivity index (χ3v) is 7.04. The maximum atomic E-state index is 13.1. The standard InChI is InChI=1S/C26H32ClFN4O2/c27-23-6-2-1-5-22(23)24(31-11-3-4-12-31)18-29-25(33)19-30-13-15-32(16-14-30)26(34)17-20-7-9-21(28)10-8-20/h1-2,5-10,24H,3-4,11-19H2,(H,29,33). The average molecular weight is 487 g/mol. The van der Waals surface area contributed by atoms with Gasteiger partial charge in [0.05, 0.1) is 19.0 Å². The van der Waals surface area contributed by atoms with Gasteiger partial charge in [0.2, 0.25) is 11.8 Å². The van der Waals surface area contributed by atoms with E-state index in [2.05, 4.69) is 15.1 Å². The Morgan fingerprint density at radius 3 is 2.29 bits per heavy atom. The summed E-state index contributed by atoms with van der Waals surface area (Å²) in [6, 6.07) is 14.0. The topological polar surface area (TPSA) is 55.9 Å². The molecule has 0 aromatic heterocycles. The molecular formula is C26H32ClFN4O2. The zero-order valence-electron chi connectivity index (χ0n) is 19.4. The molecule has 0 radical (unpaired) electrons. The van der Waals surface area contributed by atoms with E-state index in [4.69, 9.17) is 11.6 Å². The quantitative estimate of drug-likeness (QED) is 0.623. The zero-order valence-corrected chi connectivity index (χ0v) is 20.1. The highest BCUT2D eigenvalue weighted by molar-refractivity contribution is 6.31. The minimum absolute atomic E-state index is 0.0117. The first-order chi connectivity index (χ1) is 16.5. The van der Waals surface area contributed by atoms with E-state index in [9.17, 15) is 14.0 Å². The molecule has 2 saturated heterocycles. The third-order valence-electron chi connectivity index (χ3n) is 6.70. The van der Waals surface area contributed by atoms with Gasteiger partial charge in [-0.3, -0.25) is 19.4 Å². The summed E-state index contributed by atoms with van der Waals surface area (Å²) in [5.74, 6) is -0.284. The Hall–Kier alpha value is -2.48. The van der Waals surface area contributed by atoms with E-state index < -0.39 is 0 Å². The van der Waals surface area contributed by atoms with E-state index in [1.165, 1.54) is 25.0 Å². The molecule has 0 bridgehead atoms. The molecule has 0 spiro atoms. The van der Waals surface area contributed by atoms with Gasteiger partial charge in [-0.1, -0.05) is 41.9 Å². The number of hydrogen-bond donors (Lipinski definition) is 1. The molecule has 6 nitrogen and oxygen atoms in total.